The minimum atomic E-state index is -0.432. The van der Waals surface area contributed by atoms with Gasteiger partial charge in [-0.15, -0.1) is 0 Å². The Labute approximate surface area is 204 Å². The van der Waals surface area contributed by atoms with Gasteiger partial charge in [0.25, 0.3) is 11.8 Å². The summed E-state index contributed by atoms with van der Waals surface area (Å²) in [6.45, 7) is 6.28. The number of aromatic nitrogens is 1. The molecule has 4 rings (SSSR count). The van der Waals surface area contributed by atoms with Gasteiger partial charge < -0.3 is 29.1 Å². The van der Waals surface area contributed by atoms with Crippen molar-refractivity contribution in [3.63, 3.8) is 0 Å². The summed E-state index contributed by atoms with van der Waals surface area (Å²) >= 11 is 0. The maximum Gasteiger partial charge on any atom is 0.259 e. The monoisotopic (exact) mass is 481 g/mol. The summed E-state index contributed by atoms with van der Waals surface area (Å²) < 4.78 is 17.0. The van der Waals surface area contributed by atoms with E-state index in [0.717, 1.165) is 5.56 Å². The maximum atomic E-state index is 13.4. The van der Waals surface area contributed by atoms with Gasteiger partial charge in [0.1, 0.15) is 11.7 Å². The molecule has 3 heterocycles. The lowest BCUT2D eigenvalue weighted by Gasteiger charge is -2.37. The number of fused-ring (bicyclic) bond motifs is 2. The normalized spacial score (nSPS) is 20.1. The van der Waals surface area contributed by atoms with Crippen LogP contribution in [0.2, 0.25) is 0 Å². The van der Waals surface area contributed by atoms with Gasteiger partial charge in [0.05, 0.1) is 19.2 Å². The molecule has 1 aromatic heterocycles. The van der Waals surface area contributed by atoms with Gasteiger partial charge in [-0.05, 0) is 43.7 Å². The quantitative estimate of drug-likeness (QED) is 0.677. The second-order valence-corrected chi connectivity index (χ2v) is 9.00. The molecule has 1 N–H and O–H groups in total. The molecule has 0 fully saturated rings. The second kappa shape index (κ2) is 10.4. The lowest BCUT2D eigenvalue weighted by Crippen LogP contribution is -2.50. The van der Waals surface area contributed by atoms with Crippen LogP contribution in [0.25, 0.3) is 6.08 Å². The Morgan fingerprint density at radius 2 is 2.09 bits per heavy atom. The fraction of sp³-hybridized carbons (Fsp3) is 0.423. The molecular formula is C26H31N3O6. The molecule has 1 aromatic carbocycles. The van der Waals surface area contributed by atoms with E-state index < -0.39 is 6.10 Å². The van der Waals surface area contributed by atoms with Gasteiger partial charge in [-0.3, -0.25) is 9.59 Å². The van der Waals surface area contributed by atoms with E-state index in [1.54, 1.807) is 54.2 Å². The molecule has 0 radical (unpaired) electrons. The molecule has 0 bridgehead atoms. The highest BCUT2D eigenvalue weighted by Gasteiger charge is 2.35. The van der Waals surface area contributed by atoms with E-state index in [-0.39, 0.29) is 49.6 Å². The van der Waals surface area contributed by atoms with Crippen LogP contribution in [-0.2, 0) is 0 Å². The van der Waals surface area contributed by atoms with Crippen LogP contribution in [-0.4, -0.2) is 77.4 Å². The topological polar surface area (TPSA) is 101 Å². The summed E-state index contributed by atoms with van der Waals surface area (Å²) in [6.07, 6.45) is 4.94. The second-order valence-electron chi connectivity index (χ2n) is 9.00. The predicted octanol–water partition coefficient (Wildman–Crippen LogP) is 2.84. The van der Waals surface area contributed by atoms with Crippen molar-refractivity contribution in [1.29, 1.82) is 0 Å². The molecule has 0 aliphatic carbocycles. The zero-order valence-corrected chi connectivity index (χ0v) is 20.4. The van der Waals surface area contributed by atoms with Gasteiger partial charge in [0.15, 0.2) is 11.5 Å². The first kappa shape index (κ1) is 24.5. The first-order valence-electron chi connectivity index (χ1n) is 11.7. The molecule has 2 aliphatic rings. The first-order chi connectivity index (χ1) is 16.8. The molecule has 186 valence electrons. The minimum Gasteiger partial charge on any atom is -0.472 e. The number of aliphatic hydroxyl groups excluding tert-OH is 1. The van der Waals surface area contributed by atoms with Crippen molar-refractivity contribution < 1.29 is 28.9 Å². The average Bonchev–Trinajstić information content (AvgIpc) is 3.33. The Balaban J connectivity index is 1.61. The van der Waals surface area contributed by atoms with Crippen molar-refractivity contribution in [2.24, 2.45) is 5.92 Å². The summed E-state index contributed by atoms with van der Waals surface area (Å²) in [5, 5.41) is 9.79. The summed E-state index contributed by atoms with van der Waals surface area (Å²) in [4.78, 5) is 34.2. The third kappa shape index (κ3) is 5.09. The van der Waals surface area contributed by atoms with E-state index in [1.807, 2.05) is 26.0 Å². The Hall–Kier alpha value is -3.59. The number of allylic oxidation sites excluding steroid dienone is 1. The van der Waals surface area contributed by atoms with Gasteiger partial charge in [0.2, 0.25) is 12.7 Å². The molecule has 2 amide bonds. The van der Waals surface area contributed by atoms with Gasteiger partial charge in [-0.2, -0.15) is 0 Å². The van der Waals surface area contributed by atoms with Gasteiger partial charge >= 0.3 is 0 Å². The van der Waals surface area contributed by atoms with Crippen LogP contribution in [0.4, 0.5) is 0 Å². The number of hydrogen-bond acceptors (Lipinski definition) is 7. The highest BCUT2D eigenvalue weighted by atomic mass is 16.7. The van der Waals surface area contributed by atoms with Crippen molar-refractivity contribution in [2.75, 3.05) is 33.5 Å². The van der Waals surface area contributed by atoms with Crippen molar-refractivity contribution in [1.82, 2.24) is 14.8 Å². The van der Waals surface area contributed by atoms with Crippen LogP contribution < -0.4 is 14.2 Å². The molecule has 2 aromatic rings. The number of hydrogen-bond donors (Lipinski definition) is 1. The highest BCUT2D eigenvalue weighted by molar-refractivity contribution is 5.97. The number of nitrogens with zero attached hydrogens (tertiary/aromatic N) is 3. The van der Waals surface area contributed by atoms with Crippen LogP contribution in [0.5, 0.6) is 17.4 Å². The molecule has 9 heteroatoms. The number of pyridine rings is 1. The maximum absolute atomic E-state index is 13.4. The lowest BCUT2D eigenvalue weighted by molar-refractivity contribution is 0.0313. The summed E-state index contributed by atoms with van der Waals surface area (Å²) in [6, 6.07) is 6.47. The van der Waals surface area contributed by atoms with Crippen LogP contribution >= 0.6 is 0 Å². The minimum absolute atomic E-state index is 0.134. The number of benzene rings is 1. The molecule has 0 saturated heterocycles. The smallest absolute Gasteiger partial charge is 0.259 e. The number of likely N-dealkylation sites (N-methyl/N-ethyl adjacent to an activating group) is 1. The lowest BCUT2D eigenvalue weighted by atomic mass is 9.99. The summed E-state index contributed by atoms with van der Waals surface area (Å²) in [5.74, 6) is 0.819. The molecule has 9 nitrogen and oxygen atoms in total. The number of rotatable bonds is 6. The van der Waals surface area contributed by atoms with Crippen molar-refractivity contribution >= 4 is 17.9 Å². The van der Waals surface area contributed by atoms with E-state index >= 15 is 0 Å². The van der Waals surface area contributed by atoms with Crippen molar-refractivity contribution in [3.05, 3.63) is 53.2 Å². The number of ether oxygens (including phenoxy) is 3. The predicted molar refractivity (Wildman–Crippen MR) is 130 cm³/mol. The SMILES string of the molecule is C/C=C/c1cnc2c(c1)C(=O)N([C@H](C)CO)C[C@H](C)[C@H](CN(C)C(=O)c1ccc3c(c1)OCO3)O2. The zero-order chi connectivity index (χ0) is 25.1. The fourth-order valence-corrected chi connectivity index (χ4v) is 4.22. The highest BCUT2D eigenvalue weighted by Crippen LogP contribution is 2.33. The Morgan fingerprint density at radius 3 is 2.83 bits per heavy atom. The van der Waals surface area contributed by atoms with Gasteiger partial charge in [-0.25, -0.2) is 4.98 Å². The van der Waals surface area contributed by atoms with E-state index in [1.165, 1.54) is 0 Å². The number of carbonyl (C=O) groups excluding carboxylic acids is 2. The number of aliphatic hydroxyl groups is 1. The van der Waals surface area contributed by atoms with E-state index in [9.17, 15) is 14.7 Å². The first-order valence-corrected chi connectivity index (χ1v) is 11.7. The zero-order valence-electron chi connectivity index (χ0n) is 20.4. The van der Waals surface area contributed by atoms with E-state index in [4.69, 9.17) is 14.2 Å². The third-order valence-electron chi connectivity index (χ3n) is 6.32. The largest absolute Gasteiger partial charge is 0.472 e. The van der Waals surface area contributed by atoms with Gasteiger partial charge in [-0.1, -0.05) is 19.1 Å². The van der Waals surface area contributed by atoms with Crippen LogP contribution in [0.15, 0.2) is 36.5 Å². The molecule has 0 unspecified atom stereocenters. The van der Waals surface area contributed by atoms with Gasteiger partial charge in [0, 0.05) is 31.3 Å². The fourth-order valence-electron chi connectivity index (χ4n) is 4.22. The van der Waals surface area contributed by atoms with Crippen LogP contribution in [0.3, 0.4) is 0 Å². The Kier molecular flexibility index (Phi) is 7.25. The Morgan fingerprint density at radius 1 is 1.31 bits per heavy atom. The van der Waals surface area contributed by atoms with E-state index in [2.05, 4.69) is 4.98 Å². The average molecular weight is 482 g/mol. The molecule has 0 spiro atoms. The summed E-state index contributed by atoms with van der Waals surface area (Å²) in [7, 11) is 1.71. The number of amides is 2. The molecule has 3 atom stereocenters. The van der Waals surface area contributed by atoms with E-state index in [0.29, 0.717) is 29.2 Å². The molecular weight excluding hydrogens is 450 g/mol. The molecule has 2 aliphatic heterocycles. The van der Waals surface area contributed by atoms with Crippen molar-refractivity contribution in [3.8, 4) is 17.4 Å². The van der Waals surface area contributed by atoms with Crippen molar-refractivity contribution in [2.45, 2.75) is 32.9 Å². The van der Waals surface area contributed by atoms with Crippen LogP contribution in [0.1, 0.15) is 47.1 Å². The molecule has 0 saturated carbocycles. The number of carbonyl (C=O) groups is 2. The molecule has 35 heavy (non-hydrogen) atoms. The Bertz CT molecular complexity index is 1130. The summed E-state index contributed by atoms with van der Waals surface area (Å²) in [5.41, 5.74) is 1.60. The standard InChI is InChI=1S/C26H31N3O6/c1-5-6-18-9-20-24(27-11-18)35-23(16(2)12-29(26(20)32)17(3)14-30)13-28(4)25(31)19-7-8-21-22(10-19)34-15-33-21/h5-11,16-17,23,30H,12-15H2,1-4H3/b6-5+/t16-,17+,23-/m0/s1. The van der Waals surface area contributed by atoms with Crippen LogP contribution in [0, 0.1) is 5.92 Å². The third-order valence-corrected chi connectivity index (χ3v) is 6.32.